The van der Waals surface area contributed by atoms with Crippen LogP contribution in [-0.2, 0) is 19.4 Å². The van der Waals surface area contributed by atoms with Crippen molar-refractivity contribution in [2.24, 2.45) is 5.92 Å². The lowest BCUT2D eigenvalue weighted by Gasteiger charge is -2.32. The van der Waals surface area contributed by atoms with Crippen molar-refractivity contribution >= 4 is 11.5 Å². The van der Waals surface area contributed by atoms with Gasteiger partial charge in [-0.1, -0.05) is 0 Å². The molecule has 0 bridgehead atoms. The summed E-state index contributed by atoms with van der Waals surface area (Å²) in [5.74, 6) is 1.48. The molecule has 0 N–H and O–H groups in total. The van der Waals surface area contributed by atoms with Gasteiger partial charge in [-0.15, -0.1) is 5.10 Å². The van der Waals surface area contributed by atoms with Crippen LogP contribution in [0.1, 0.15) is 30.5 Å². The van der Waals surface area contributed by atoms with Crippen LogP contribution in [0.2, 0.25) is 0 Å². The lowest BCUT2D eigenvalue weighted by atomic mass is 9.97. The van der Waals surface area contributed by atoms with Gasteiger partial charge in [0.25, 0.3) is 5.56 Å². The molecule has 0 atom stereocenters. The summed E-state index contributed by atoms with van der Waals surface area (Å²) in [5.41, 5.74) is 3.20. The van der Waals surface area contributed by atoms with E-state index >= 15 is 0 Å². The average Bonchev–Trinajstić information content (AvgIpc) is 3.30. The Morgan fingerprint density at radius 2 is 2.00 bits per heavy atom. The van der Waals surface area contributed by atoms with E-state index in [9.17, 15) is 4.79 Å². The first-order chi connectivity index (χ1) is 12.8. The average molecular weight is 350 g/mol. The zero-order valence-electron chi connectivity index (χ0n) is 14.7. The first kappa shape index (κ1) is 15.5. The number of hydrogen-bond acceptors (Lipinski definition) is 5. The number of rotatable bonds is 3. The fourth-order valence-corrected chi connectivity index (χ4v) is 4.13. The first-order valence-electron chi connectivity index (χ1n) is 9.41. The second kappa shape index (κ2) is 6.23. The molecule has 0 amide bonds. The predicted molar refractivity (Wildman–Crippen MR) is 98.4 cm³/mol. The number of piperidine rings is 1. The normalized spacial score (nSPS) is 17.8. The van der Waals surface area contributed by atoms with E-state index in [-0.39, 0.29) is 5.56 Å². The van der Waals surface area contributed by atoms with E-state index in [4.69, 9.17) is 0 Å². The minimum absolute atomic E-state index is 0.0558. The minimum Gasteiger partial charge on any atom is -0.355 e. The van der Waals surface area contributed by atoms with Crippen LogP contribution in [0.4, 0.5) is 5.82 Å². The number of aromatic nitrogens is 5. The zero-order chi connectivity index (χ0) is 17.5. The van der Waals surface area contributed by atoms with Crippen LogP contribution >= 0.6 is 0 Å². The Morgan fingerprint density at radius 3 is 2.88 bits per heavy atom. The molecule has 0 saturated carbocycles. The highest BCUT2D eigenvalue weighted by atomic mass is 16.1. The third kappa shape index (κ3) is 2.77. The van der Waals surface area contributed by atoms with Gasteiger partial charge in [-0.25, -0.2) is 14.2 Å². The Kier molecular flexibility index (Phi) is 3.72. The minimum atomic E-state index is 0.0558. The van der Waals surface area contributed by atoms with Gasteiger partial charge in [-0.05, 0) is 55.7 Å². The lowest BCUT2D eigenvalue weighted by molar-refractivity contribution is 0.332. The van der Waals surface area contributed by atoms with Gasteiger partial charge in [0, 0.05) is 38.1 Å². The smallest absolute Gasteiger partial charge is 0.267 e. The Hall–Kier alpha value is -2.70. The molecule has 2 aliphatic rings. The SMILES string of the molecule is O=c1cc2c(nn1CC1CCN(c3ccc4nccn4n3)CC1)CCC2. The highest BCUT2D eigenvalue weighted by Gasteiger charge is 2.22. The topological polar surface area (TPSA) is 68.3 Å². The highest BCUT2D eigenvalue weighted by Crippen LogP contribution is 2.23. The fourth-order valence-electron chi connectivity index (χ4n) is 4.13. The molecule has 1 aliphatic heterocycles. The van der Waals surface area contributed by atoms with Gasteiger partial charge in [0.05, 0.1) is 5.69 Å². The molecule has 3 aromatic rings. The molecule has 0 radical (unpaired) electrons. The molecule has 0 unspecified atom stereocenters. The molecule has 7 nitrogen and oxygen atoms in total. The van der Waals surface area contributed by atoms with Crippen LogP contribution in [0.15, 0.2) is 35.4 Å². The van der Waals surface area contributed by atoms with Crippen molar-refractivity contribution in [3.63, 3.8) is 0 Å². The Labute approximate surface area is 151 Å². The largest absolute Gasteiger partial charge is 0.355 e. The maximum Gasteiger partial charge on any atom is 0.267 e. The van der Waals surface area contributed by atoms with Crippen LogP contribution in [0.25, 0.3) is 5.65 Å². The summed E-state index contributed by atoms with van der Waals surface area (Å²) in [5, 5.41) is 9.25. The van der Waals surface area contributed by atoms with Crippen LogP contribution in [-0.4, -0.2) is 37.5 Å². The maximum absolute atomic E-state index is 12.3. The van der Waals surface area contributed by atoms with Gasteiger partial charge < -0.3 is 4.90 Å². The molecule has 26 heavy (non-hydrogen) atoms. The van der Waals surface area contributed by atoms with E-state index in [1.807, 2.05) is 22.8 Å². The van der Waals surface area contributed by atoms with Crippen LogP contribution < -0.4 is 10.5 Å². The standard InChI is InChI=1S/C19H22N6O/c26-19-12-15-2-1-3-16(15)21-25(19)13-14-6-9-23(10-7-14)18-5-4-17-20-8-11-24(17)22-18/h4-5,8,11-12,14H,1-3,6-7,9-10,13H2. The highest BCUT2D eigenvalue weighted by molar-refractivity contribution is 5.45. The third-order valence-corrected chi connectivity index (χ3v) is 5.63. The Morgan fingerprint density at radius 1 is 1.12 bits per heavy atom. The van der Waals surface area contributed by atoms with Gasteiger partial charge in [0.1, 0.15) is 5.82 Å². The monoisotopic (exact) mass is 350 g/mol. The molecule has 134 valence electrons. The summed E-state index contributed by atoms with van der Waals surface area (Å²) in [6.45, 7) is 2.64. The number of nitrogens with zero attached hydrogens (tertiary/aromatic N) is 6. The molecule has 1 aliphatic carbocycles. The van der Waals surface area contributed by atoms with E-state index < -0.39 is 0 Å². The van der Waals surface area contributed by atoms with Crippen molar-refractivity contribution in [1.82, 2.24) is 24.4 Å². The summed E-state index contributed by atoms with van der Waals surface area (Å²) in [6, 6.07) is 5.84. The lowest BCUT2D eigenvalue weighted by Crippen LogP contribution is -2.37. The molecule has 0 spiro atoms. The summed E-state index contributed by atoms with van der Waals surface area (Å²) in [6.07, 6.45) is 8.88. The van der Waals surface area contributed by atoms with Gasteiger partial charge in [0.2, 0.25) is 0 Å². The zero-order valence-corrected chi connectivity index (χ0v) is 14.7. The van der Waals surface area contributed by atoms with Gasteiger partial charge >= 0.3 is 0 Å². The van der Waals surface area contributed by atoms with Gasteiger partial charge in [-0.3, -0.25) is 4.79 Å². The molecule has 0 aromatic carbocycles. The summed E-state index contributed by atoms with van der Waals surface area (Å²) in [7, 11) is 0. The van der Waals surface area contributed by atoms with E-state index in [1.165, 1.54) is 0 Å². The van der Waals surface area contributed by atoms with E-state index in [0.29, 0.717) is 5.92 Å². The van der Waals surface area contributed by atoms with Gasteiger partial charge in [0.15, 0.2) is 5.65 Å². The van der Waals surface area contributed by atoms with Crippen LogP contribution in [0.5, 0.6) is 0 Å². The van der Waals surface area contributed by atoms with Crippen molar-refractivity contribution in [3.8, 4) is 0 Å². The second-order valence-electron chi connectivity index (χ2n) is 7.34. The fraction of sp³-hybridized carbons (Fsp3) is 0.474. The van der Waals surface area contributed by atoms with E-state index in [2.05, 4.69) is 20.1 Å². The molecule has 7 heteroatoms. The Balaban J connectivity index is 1.26. The quantitative estimate of drug-likeness (QED) is 0.719. The number of fused-ring (bicyclic) bond motifs is 2. The van der Waals surface area contributed by atoms with Gasteiger partial charge in [-0.2, -0.15) is 5.10 Å². The van der Waals surface area contributed by atoms with Crippen molar-refractivity contribution in [3.05, 3.63) is 52.2 Å². The molecule has 1 saturated heterocycles. The maximum atomic E-state index is 12.3. The summed E-state index contributed by atoms with van der Waals surface area (Å²) >= 11 is 0. The number of imidazole rings is 1. The van der Waals surface area contributed by atoms with Crippen molar-refractivity contribution in [2.75, 3.05) is 18.0 Å². The van der Waals surface area contributed by atoms with Crippen molar-refractivity contribution in [2.45, 2.75) is 38.6 Å². The van der Waals surface area contributed by atoms with E-state index in [1.54, 1.807) is 16.9 Å². The number of hydrogen-bond donors (Lipinski definition) is 0. The Bertz CT molecular complexity index is 999. The van der Waals surface area contributed by atoms with Crippen LogP contribution in [0, 0.1) is 5.92 Å². The second-order valence-corrected chi connectivity index (χ2v) is 7.34. The molecule has 5 rings (SSSR count). The molecule has 1 fully saturated rings. The van der Waals surface area contributed by atoms with Crippen molar-refractivity contribution in [1.29, 1.82) is 0 Å². The molecular formula is C19H22N6O. The summed E-state index contributed by atoms with van der Waals surface area (Å²) in [4.78, 5) is 18.9. The van der Waals surface area contributed by atoms with E-state index in [0.717, 1.165) is 74.5 Å². The predicted octanol–water partition coefficient (Wildman–Crippen LogP) is 1.69. The summed E-state index contributed by atoms with van der Waals surface area (Å²) < 4.78 is 3.51. The third-order valence-electron chi connectivity index (χ3n) is 5.63. The molecular weight excluding hydrogens is 328 g/mol. The first-order valence-corrected chi connectivity index (χ1v) is 9.41. The number of anilines is 1. The van der Waals surface area contributed by atoms with Crippen LogP contribution in [0.3, 0.4) is 0 Å². The van der Waals surface area contributed by atoms with Crippen molar-refractivity contribution < 1.29 is 0 Å². The molecule has 3 aromatic heterocycles. The molecule has 4 heterocycles. The number of aryl methyl sites for hydroxylation is 2.